The predicted octanol–water partition coefficient (Wildman–Crippen LogP) is 5.34. The average molecular weight is 335 g/mol. The van der Waals surface area contributed by atoms with Crippen molar-refractivity contribution >= 4 is 16.9 Å². The van der Waals surface area contributed by atoms with Gasteiger partial charge in [0.25, 0.3) is 0 Å². The third-order valence-electron chi connectivity index (χ3n) is 4.17. The second-order valence-electron chi connectivity index (χ2n) is 7.57. The number of esters is 1. The van der Waals surface area contributed by atoms with Crippen molar-refractivity contribution in [2.24, 2.45) is 0 Å². The van der Waals surface area contributed by atoms with Gasteiger partial charge in [0.1, 0.15) is 5.60 Å². The molecule has 3 aromatic rings. The lowest BCUT2D eigenvalue weighted by Gasteiger charge is -2.22. The van der Waals surface area contributed by atoms with Crippen molar-refractivity contribution in [1.82, 2.24) is 4.98 Å². The van der Waals surface area contributed by atoms with E-state index in [1.165, 1.54) is 10.9 Å². The molecule has 1 heterocycles. The van der Waals surface area contributed by atoms with Crippen molar-refractivity contribution in [2.75, 3.05) is 0 Å². The van der Waals surface area contributed by atoms with Crippen LogP contribution >= 0.6 is 0 Å². The summed E-state index contributed by atoms with van der Waals surface area (Å²) in [6, 6.07) is 18.6. The van der Waals surface area contributed by atoms with Gasteiger partial charge in [-0.15, -0.1) is 0 Å². The molecule has 0 aliphatic carbocycles. The Labute approximate surface area is 149 Å². The van der Waals surface area contributed by atoms with E-state index in [-0.39, 0.29) is 11.9 Å². The Hall–Kier alpha value is -2.55. The van der Waals surface area contributed by atoms with Crippen molar-refractivity contribution < 1.29 is 9.53 Å². The van der Waals surface area contributed by atoms with Gasteiger partial charge >= 0.3 is 5.97 Å². The van der Waals surface area contributed by atoms with Crippen LogP contribution in [0, 0.1) is 6.92 Å². The number of aromatic amines is 1. The number of fused-ring (bicyclic) bond motifs is 1. The maximum atomic E-state index is 12.4. The highest BCUT2D eigenvalue weighted by Gasteiger charge is 2.24. The van der Waals surface area contributed by atoms with Gasteiger partial charge in [0, 0.05) is 17.1 Å². The van der Waals surface area contributed by atoms with Crippen molar-refractivity contribution in [3.05, 3.63) is 71.4 Å². The Balaban J connectivity index is 1.96. The zero-order chi connectivity index (χ0) is 18.0. The lowest BCUT2D eigenvalue weighted by molar-refractivity contribution is -0.155. The number of carbonyl (C=O) groups is 1. The van der Waals surface area contributed by atoms with Gasteiger partial charge in [0.15, 0.2) is 0 Å². The van der Waals surface area contributed by atoms with Crippen LogP contribution in [0.2, 0.25) is 0 Å². The van der Waals surface area contributed by atoms with Crippen LogP contribution in [0.15, 0.2) is 54.6 Å². The first-order valence-electron chi connectivity index (χ1n) is 8.68. The molecule has 0 saturated carbocycles. The van der Waals surface area contributed by atoms with Crippen LogP contribution in [0.4, 0.5) is 0 Å². The largest absolute Gasteiger partial charge is 0.460 e. The summed E-state index contributed by atoms with van der Waals surface area (Å²) in [6.45, 7) is 7.78. The van der Waals surface area contributed by atoms with E-state index in [1.807, 2.05) is 39.0 Å². The van der Waals surface area contributed by atoms with Gasteiger partial charge < -0.3 is 9.72 Å². The van der Waals surface area contributed by atoms with Crippen LogP contribution in [0.1, 0.15) is 49.9 Å². The van der Waals surface area contributed by atoms with Crippen LogP contribution < -0.4 is 0 Å². The first kappa shape index (κ1) is 17.3. The molecule has 0 aliphatic heterocycles. The number of hydrogen-bond donors (Lipinski definition) is 1. The van der Waals surface area contributed by atoms with E-state index < -0.39 is 5.60 Å². The average Bonchev–Trinajstić information content (AvgIpc) is 2.94. The van der Waals surface area contributed by atoms with Gasteiger partial charge in [-0.05, 0) is 56.8 Å². The number of rotatable bonds is 4. The molecule has 0 fully saturated rings. The van der Waals surface area contributed by atoms with Crippen LogP contribution in [0.5, 0.6) is 0 Å². The van der Waals surface area contributed by atoms with E-state index in [0.29, 0.717) is 6.42 Å². The number of ether oxygens (including phenoxy) is 1. The normalized spacial score (nSPS) is 13.0. The van der Waals surface area contributed by atoms with Crippen LogP contribution in [0.3, 0.4) is 0 Å². The first-order chi connectivity index (χ1) is 11.8. The number of hydrogen-bond acceptors (Lipinski definition) is 2. The van der Waals surface area contributed by atoms with E-state index >= 15 is 0 Å². The molecular weight excluding hydrogens is 310 g/mol. The van der Waals surface area contributed by atoms with Gasteiger partial charge in [-0.2, -0.15) is 0 Å². The number of H-pyrrole nitrogens is 1. The first-order valence-corrected chi connectivity index (χ1v) is 8.68. The molecule has 3 nitrogen and oxygen atoms in total. The summed E-state index contributed by atoms with van der Waals surface area (Å²) in [7, 11) is 0. The smallest absolute Gasteiger partial charge is 0.307 e. The summed E-state index contributed by atoms with van der Waals surface area (Å²) in [4.78, 5) is 15.9. The number of carbonyl (C=O) groups excluding carboxylic acids is 1. The Bertz CT molecular complexity index is 872. The zero-order valence-electron chi connectivity index (χ0n) is 15.3. The fourth-order valence-corrected chi connectivity index (χ4v) is 3.10. The minimum atomic E-state index is -0.476. The molecule has 0 radical (unpaired) electrons. The minimum Gasteiger partial charge on any atom is -0.460 e. The van der Waals surface area contributed by atoms with Crippen molar-refractivity contribution in [2.45, 2.75) is 45.6 Å². The molecule has 1 atom stereocenters. The lowest BCUT2D eigenvalue weighted by Crippen LogP contribution is -2.25. The maximum Gasteiger partial charge on any atom is 0.307 e. The maximum absolute atomic E-state index is 12.4. The van der Waals surface area contributed by atoms with E-state index in [1.54, 1.807) is 0 Å². The third kappa shape index (κ3) is 4.30. The molecule has 1 N–H and O–H groups in total. The van der Waals surface area contributed by atoms with E-state index in [4.69, 9.17) is 4.74 Å². The fraction of sp³-hybridized carbons (Fsp3) is 0.318. The highest BCUT2D eigenvalue weighted by atomic mass is 16.6. The van der Waals surface area contributed by atoms with Crippen molar-refractivity contribution in [1.29, 1.82) is 0 Å². The number of benzene rings is 2. The lowest BCUT2D eigenvalue weighted by atomic mass is 9.92. The Morgan fingerprint density at radius 1 is 1.08 bits per heavy atom. The minimum absolute atomic E-state index is 0.0521. The summed E-state index contributed by atoms with van der Waals surface area (Å²) in [6.07, 6.45) is 0.313. The quantitative estimate of drug-likeness (QED) is 0.654. The standard InChI is InChI=1S/C22H25NO2/c1-15-10-11-19-17(12-15)13-20(23-19)18(16-8-6-5-7-9-16)14-21(24)25-22(2,3)4/h5-13,18,23H,14H2,1-4H3. The summed E-state index contributed by atoms with van der Waals surface area (Å²) in [5, 5.41) is 1.17. The van der Waals surface area contributed by atoms with Gasteiger partial charge in [-0.25, -0.2) is 0 Å². The van der Waals surface area contributed by atoms with Gasteiger partial charge in [0.05, 0.1) is 6.42 Å². The topological polar surface area (TPSA) is 42.1 Å². The Morgan fingerprint density at radius 3 is 2.48 bits per heavy atom. The summed E-state index contributed by atoms with van der Waals surface area (Å²) >= 11 is 0. The second-order valence-corrected chi connectivity index (χ2v) is 7.57. The Kier molecular flexibility index (Phi) is 4.67. The van der Waals surface area contributed by atoms with E-state index in [0.717, 1.165) is 16.8 Å². The van der Waals surface area contributed by atoms with Crippen LogP contribution in [-0.2, 0) is 9.53 Å². The molecule has 0 bridgehead atoms. The second kappa shape index (κ2) is 6.75. The predicted molar refractivity (Wildman–Crippen MR) is 102 cm³/mol. The zero-order valence-corrected chi connectivity index (χ0v) is 15.3. The third-order valence-corrected chi connectivity index (χ3v) is 4.17. The number of nitrogens with one attached hydrogen (secondary N) is 1. The molecule has 0 spiro atoms. The summed E-state index contributed by atoms with van der Waals surface area (Å²) in [5.74, 6) is -0.236. The number of aryl methyl sites for hydroxylation is 1. The molecule has 3 rings (SSSR count). The Morgan fingerprint density at radius 2 is 1.80 bits per heavy atom. The van der Waals surface area contributed by atoms with Crippen molar-refractivity contribution in [3.63, 3.8) is 0 Å². The fourth-order valence-electron chi connectivity index (χ4n) is 3.10. The molecule has 1 aromatic heterocycles. The van der Waals surface area contributed by atoms with Gasteiger partial charge in [-0.3, -0.25) is 4.79 Å². The summed E-state index contributed by atoms with van der Waals surface area (Å²) < 4.78 is 5.55. The molecule has 0 amide bonds. The molecular formula is C22H25NO2. The monoisotopic (exact) mass is 335 g/mol. The van der Waals surface area contributed by atoms with E-state index in [9.17, 15) is 4.79 Å². The van der Waals surface area contributed by atoms with Gasteiger partial charge in [-0.1, -0.05) is 42.0 Å². The van der Waals surface area contributed by atoms with Crippen LogP contribution in [0.25, 0.3) is 10.9 Å². The number of aromatic nitrogens is 1. The molecule has 0 saturated heterocycles. The molecule has 2 aromatic carbocycles. The molecule has 25 heavy (non-hydrogen) atoms. The summed E-state index contributed by atoms with van der Waals surface area (Å²) in [5.41, 5.74) is 3.98. The molecule has 0 aliphatic rings. The van der Waals surface area contributed by atoms with Gasteiger partial charge in [0.2, 0.25) is 0 Å². The molecule has 1 unspecified atom stereocenters. The molecule has 3 heteroatoms. The van der Waals surface area contributed by atoms with Crippen molar-refractivity contribution in [3.8, 4) is 0 Å². The highest BCUT2D eigenvalue weighted by Crippen LogP contribution is 2.31. The molecule has 130 valence electrons. The van der Waals surface area contributed by atoms with Crippen LogP contribution in [-0.4, -0.2) is 16.6 Å². The SMILES string of the molecule is Cc1ccc2[nH]c(C(CC(=O)OC(C)(C)C)c3ccccc3)cc2c1. The highest BCUT2D eigenvalue weighted by molar-refractivity contribution is 5.82. The van der Waals surface area contributed by atoms with E-state index in [2.05, 4.69) is 48.3 Å².